The monoisotopic (exact) mass is 511 g/mol. The fourth-order valence-corrected chi connectivity index (χ4v) is 4.35. The van der Waals surface area contributed by atoms with E-state index in [1.54, 1.807) is 53.4 Å². The Balaban J connectivity index is 1.66. The molecule has 6 nitrogen and oxygen atoms in total. The highest BCUT2D eigenvalue weighted by Crippen LogP contribution is 2.34. The minimum atomic E-state index is -4.48. The lowest BCUT2D eigenvalue weighted by Gasteiger charge is -2.13. The van der Waals surface area contributed by atoms with Crippen molar-refractivity contribution < 1.29 is 18.0 Å². The van der Waals surface area contributed by atoms with E-state index in [-0.39, 0.29) is 17.6 Å². The summed E-state index contributed by atoms with van der Waals surface area (Å²) in [6, 6.07) is 15.9. The van der Waals surface area contributed by atoms with Gasteiger partial charge in [0.1, 0.15) is 0 Å². The summed E-state index contributed by atoms with van der Waals surface area (Å²) >= 11 is 1.32. The Labute approximate surface area is 211 Å². The van der Waals surface area contributed by atoms with Crippen LogP contribution in [0.1, 0.15) is 41.8 Å². The van der Waals surface area contributed by atoms with Crippen LogP contribution in [0.5, 0.6) is 0 Å². The van der Waals surface area contributed by atoms with E-state index in [9.17, 15) is 18.0 Å². The summed E-state index contributed by atoms with van der Waals surface area (Å²) in [4.78, 5) is 16.6. The van der Waals surface area contributed by atoms with Crippen molar-refractivity contribution in [1.29, 1.82) is 0 Å². The van der Waals surface area contributed by atoms with Crippen molar-refractivity contribution in [2.75, 3.05) is 0 Å². The molecule has 1 atom stereocenters. The molecule has 0 saturated heterocycles. The molecule has 1 N–H and O–H groups in total. The molecule has 2 heterocycles. The second-order valence-corrected chi connectivity index (χ2v) is 9.15. The fourth-order valence-electron chi connectivity index (χ4n) is 3.46. The van der Waals surface area contributed by atoms with Crippen LogP contribution in [0.4, 0.5) is 13.2 Å². The van der Waals surface area contributed by atoms with Gasteiger partial charge in [0.25, 0.3) is 5.91 Å². The molecule has 36 heavy (non-hydrogen) atoms. The average molecular weight is 512 g/mol. The quantitative estimate of drug-likeness (QED) is 0.287. The van der Waals surface area contributed by atoms with E-state index in [0.29, 0.717) is 27.9 Å². The molecule has 0 unspecified atom stereocenters. The smallest absolute Gasteiger partial charge is 0.350 e. The number of amides is 1. The fraction of sp³-hybridized carbons (Fsp3) is 0.231. The van der Waals surface area contributed by atoms with Crippen molar-refractivity contribution >= 4 is 17.7 Å². The second-order valence-electron chi connectivity index (χ2n) is 8.20. The van der Waals surface area contributed by atoms with E-state index in [2.05, 4.69) is 20.5 Å². The molecule has 186 valence electrons. The Bertz CT molecular complexity index is 1340. The van der Waals surface area contributed by atoms with Crippen LogP contribution in [-0.4, -0.2) is 31.7 Å². The predicted molar refractivity (Wildman–Crippen MR) is 133 cm³/mol. The van der Waals surface area contributed by atoms with Gasteiger partial charge in [-0.25, -0.2) is 0 Å². The number of halogens is 3. The van der Waals surface area contributed by atoms with Gasteiger partial charge in [0.2, 0.25) is 0 Å². The van der Waals surface area contributed by atoms with Gasteiger partial charge < -0.3 is 5.32 Å². The Morgan fingerprint density at radius 2 is 1.89 bits per heavy atom. The molecular weight excluding hydrogens is 487 g/mol. The zero-order chi connectivity index (χ0) is 25.7. The van der Waals surface area contributed by atoms with Crippen LogP contribution in [0.3, 0.4) is 0 Å². The van der Waals surface area contributed by atoms with Gasteiger partial charge in [0, 0.05) is 35.3 Å². The lowest BCUT2D eigenvalue weighted by atomic mass is 10.1. The standard InChI is InChI=1S/C26H24F3N5OS/c1-3-17(2)31-24(35)19-8-4-7-18(13-19)16-36-25-33-32-23(20-9-6-12-30-15-20)34(25)22-11-5-10-21(14-22)26(27,28)29/h4-15,17H,3,16H2,1-2H3,(H,31,35)/t17-/m1/s1. The zero-order valence-electron chi connectivity index (χ0n) is 19.7. The maximum atomic E-state index is 13.4. The highest BCUT2D eigenvalue weighted by molar-refractivity contribution is 7.98. The average Bonchev–Trinajstić information content (AvgIpc) is 3.31. The molecule has 4 rings (SSSR count). The number of carbonyl (C=O) groups is 1. The van der Waals surface area contributed by atoms with Gasteiger partial charge >= 0.3 is 6.18 Å². The van der Waals surface area contributed by atoms with Crippen LogP contribution in [0.15, 0.2) is 78.2 Å². The van der Waals surface area contributed by atoms with Crippen LogP contribution in [-0.2, 0) is 11.9 Å². The highest BCUT2D eigenvalue weighted by atomic mass is 32.2. The zero-order valence-corrected chi connectivity index (χ0v) is 20.5. The third-order valence-electron chi connectivity index (χ3n) is 5.53. The third kappa shape index (κ3) is 5.93. The summed E-state index contributed by atoms with van der Waals surface area (Å²) in [5.41, 5.74) is 1.57. The van der Waals surface area contributed by atoms with Crippen molar-refractivity contribution in [3.63, 3.8) is 0 Å². The van der Waals surface area contributed by atoms with Crippen molar-refractivity contribution in [3.8, 4) is 17.1 Å². The van der Waals surface area contributed by atoms with Crippen molar-refractivity contribution in [2.24, 2.45) is 0 Å². The molecule has 0 fully saturated rings. The molecule has 0 radical (unpaired) electrons. The topological polar surface area (TPSA) is 72.7 Å². The Kier molecular flexibility index (Phi) is 7.73. The number of carbonyl (C=O) groups excluding carboxylic acids is 1. The van der Waals surface area contributed by atoms with Crippen LogP contribution in [0.2, 0.25) is 0 Å². The molecule has 2 aromatic carbocycles. The molecule has 0 aliphatic rings. The Morgan fingerprint density at radius 3 is 2.61 bits per heavy atom. The summed E-state index contributed by atoms with van der Waals surface area (Å²) in [5, 5.41) is 11.9. The number of benzene rings is 2. The first-order valence-electron chi connectivity index (χ1n) is 11.3. The van der Waals surface area contributed by atoms with E-state index in [0.717, 1.165) is 24.1 Å². The molecule has 10 heteroatoms. The van der Waals surface area contributed by atoms with Crippen LogP contribution < -0.4 is 5.32 Å². The van der Waals surface area contributed by atoms with E-state index < -0.39 is 11.7 Å². The summed E-state index contributed by atoms with van der Waals surface area (Å²) in [7, 11) is 0. The molecule has 0 aliphatic carbocycles. The summed E-state index contributed by atoms with van der Waals surface area (Å²) < 4.78 is 41.9. The number of alkyl halides is 3. The van der Waals surface area contributed by atoms with Crippen LogP contribution >= 0.6 is 11.8 Å². The first-order chi connectivity index (χ1) is 17.3. The SMILES string of the molecule is CC[C@@H](C)NC(=O)c1cccc(CSc2nnc(-c3cccnc3)n2-c2cccc(C(F)(F)F)c2)c1. The van der Waals surface area contributed by atoms with Crippen LogP contribution in [0, 0.1) is 0 Å². The predicted octanol–water partition coefficient (Wildman–Crippen LogP) is 6.17. The van der Waals surface area contributed by atoms with Gasteiger partial charge in [0.15, 0.2) is 11.0 Å². The second kappa shape index (κ2) is 10.9. The Morgan fingerprint density at radius 1 is 1.08 bits per heavy atom. The molecule has 0 saturated carbocycles. The Hall–Kier alpha value is -3.66. The van der Waals surface area contributed by atoms with Gasteiger partial charge in [-0.1, -0.05) is 36.9 Å². The minimum Gasteiger partial charge on any atom is -0.350 e. The maximum absolute atomic E-state index is 13.4. The number of nitrogens with zero attached hydrogens (tertiary/aromatic N) is 4. The number of hydrogen-bond acceptors (Lipinski definition) is 5. The number of rotatable bonds is 8. The lowest BCUT2D eigenvalue weighted by Crippen LogP contribution is -2.31. The summed E-state index contributed by atoms with van der Waals surface area (Å²) in [6.07, 6.45) is -0.468. The molecule has 0 aliphatic heterocycles. The van der Waals surface area contributed by atoms with E-state index in [4.69, 9.17) is 0 Å². The largest absolute Gasteiger partial charge is 0.416 e. The third-order valence-corrected chi connectivity index (χ3v) is 6.53. The van der Waals surface area contributed by atoms with E-state index in [1.165, 1.54) is 17.8 Å². The minimum absolute atomic E-state index is 0.0624. The first kappa shape index (κ1) is 25.4. The number of hydrogen-bond donors (Lipinski definition) is 1. The van der Waals surface area contributed by atoms with Crippen LogP contribution in [0.25, 0.3) is 17.1 Å². The first-order valence-corrected chi connectivity index (χ1v) is 12.3. The molecular formula is C26H24F3N5OS. The maximum Gasteiger partial charge on any atom is 0.416 e. The molecule has 0 bridgehead atoms. The van der Waals surface area contributed by atoms with E-state index in [1.807, 2.05) is 19.9 Å². The summed E-state index contributed by atoms with van der Waals surface area (Å²) in [5.74, 6) is 0.669. The van der Waals surface area contributed by atoms with Gasteiger partial charge in [0.05, 0.1) is 11.3 Å². The molecule has 1 amide bonds. The van der Waals surface area contributed by atoms with Gasteiger partial charge in [-0.2, -0.15) is 13.2 Å². The van der Waals surface area contributed by atoms with Crippen molar-refractivity contribution in [1.82, 2.24) is 25.1 Å². The van der Waals surface area contributed by atoms with Gasteiger partial charge in [-0.15, -0.1) is 10.2 Å². The van der Waals surface area contributed by atoms with Crippen molar-refractivity contribution in [2.45, 2.75) is 43.4 Å². The molecule has 2 aromatic heterocycles. The molecule has 0 spiro atoms. The number of aromatic nitrogens is 4. The number of thioether (sulfide) groups is 1. The molecule has 4 aromatic rings. The van der Waals surface area contributed by atoms with Gasteiger partial charge in [-0.3, -0.25) is 14.3 Å². The summed E-state index contributed by atoms with van der Waals surface area (Å²) in [6.45, 7) is 3.94. The van der Waals surface area contributed by atoms with Crippen molar-refractivity contribution in [3.05, 3.63) is 89.7 Å². The number of nitrogens with one attached hydrogen (secondary N) is 1. The highest BCUT2D eigenvalue weighted by Gasteiger charge is 2.31. The normalized spacial score (nSPS) is 12.4. The van der Waals surface area contributed by atoms with Gasteiger partial charge in [-0.05, 0) is 61.4 Å². The lowest BCUT2D eigenvalue weighted by molar-refractivity contribution is -0.137. The van der Waals surface area contributed by atoms with E-state index >= 15 is 0 Å². The number of pyridine rings is 1.